The molecule has 0 unspecified atom stereocenters. The van der Waals surface area contributed by atoms with Crippen LogP contribution in [0.15, 0.2) is 47.2 Å². The van der Waals surface area contributed by atoms with Crippen molar-refractivity contribution in [1.82, 2.24) is 9.97 Å². The van der Waals surface area contributed by atoms with E-state index in [-0.39, 0.29) is 0 Å². The lowest BCUT2D eigenvalue weighted by atomic mass is 10.0. The van der Waals surface area contributed by atoms with Crippen molar-refractivity contribution in [2.75, 3.05) is 0 Å². The van der Waals surface area contributed by atoms with Crippen LogP contribution in [0.2, 0.25) is 0 Å². The predicted octanol–water partition coefficient (Wildman–Crippen LogP) is 5.96. The standard InChI is InChI=1S/C21H24N2O/c1-13(2)20-21(14(3)4)23-18(11-22-20)19-10-17(12-24-19)16-8-6-15(5)7-9-16/h6-14H,1-5H3. The lowest BCUT2D eigenvalue weighted by Gasteiger charge is -2.14. The Kier molecular flexibility index (Phi) is 4.52. The van der Waals surface area contributed by atoms with E-state index in [9.17, 15) is 0 Å². The summed E-state index contributed by atoms with van der Waals surface area (Å²) in [5.41, 5.74) is 6.37. The molecule has 0 bridgehead atoms. The summed E-state index contributed by atoms with van der Waals surface area (Å²) in [6.07, 6.45) is 3.60. The SMILES string of the molecule is Cc1ccc(-c2coc(-c3cnc(C(C)C)c(C(C)C)n3)c2)cc1. The normalized spacial score (nSPS) is 11.5. The summed E-state index contributed by atoms with van der Waals surface area (Å²) >= 11 is 0. The predicted molar refractivity (Wildman–Crippen MR) is 98.1 cm³/mol. The molecule has 2 heterocycles. The number of furan rings is 1. The molecule has 1 aromatic carbocycles. The molecule has 3 nitrogen and oxygen atoms in total. The van der Waals surface area contributed by atoms with Crippen LogP contribution in [0.1, 0.15) is 56.5 Å². The van der Waals surface area contributed by atoms with Crippen molar-refractivity contribution in [3.8, 4) is 22.6 Å². The molecule has 124 valence electrons. The average Bonchev–Trinajstić information content (AvgIpc) is 3.04. The Morgan fingerprint density at radius 2 is 1.54 bits per heavy atom. The lowest BCUT2D eigenvalue weighted by Crippen LogP contribution is -2.05. The Morgan fingerprint density at radius 1 is 0.875 bits per heavy atom. The van der Waals surface area contributed by atoms with Gasteiger partial charge in [-0.05, 0) is 30.4 Å². The van der Waals surface area contributed by atoms with Crippen LogP contribution in [0.4, 0.5) is 0 Å². The zero-order valence-corrected chi connectivity index (χ0v) is 15.0. The molecule has 0 radical (unpaired) electrons. The summed E-state index contributed by atoms with van der Waals surface area (Å²) in [6, 6.07) is 10.5. The maximum absolute atomic E-state index is 5.77. The minimum atomic E-state index is 0.335. The highest BCUT2D eigenvalue weighted by Gasteiger charge is 2.16. The van der Waals surface area contributed by atoms with Gasteiger partial charge in [-0.1, -0.05) is 57.5 Å². The van der Waals surface area contributed by atoms with Gasteiger partial charge in [0.2, 0.25) is 0 Å². The molecule has 0 N–H and O–H groups in total. The number of aromatic nitrogens is 2. The molecule has 0 saturated heterocycles. The van der Waals surface area contributed by atoms with Gasteiger partial charge in [-0.25, -0.2) is 4.98 Å². The van der Waals surface area contributed by atoms with Gasteiger partial charge in [0.25, 0.3) is 0 Å². The first-order valence-electron chi connectivity index (χ1n) is 8.48. The van der Waals surface area contributed by atoms with Gasteiger partial charge in [0.05, 0.1) is 23.8 Å². The quantitative estimate of drug-likeness (QED) is 0.595. The molecule has 3 heteroatoms. The number of hydrogen-bond donors (Lipinski definition) is 0. The summed E-state index contributed by atoms with van der Waals surface area (Å²) in [4.78, 5) is 9.48. The van der Waals surface area contributed by atoms with Gasteiger partial charge in [-0.3, -0.25) is 4.98 Å². The summed E-state index contributed by atoms with van der Waals surface area (Å²) in [7, 11) is 0. The van der Waals surface area contributed by atoms with Gasteiger partial charge in [0.1, 0.15) is 5.69 Å². The highest BCUT2D eigenvalue weighted by molar-refractivity contribution is 5.68. The second kappa shape index (κ2) is 6.60. The van der Waals surface area contributed by atoms with Crippen molar-refractivity contribution in [3.63, 3.8) is 0 Å². The monoisotopic (exact) mass is 320 g/mol. The van der Waals surface area contributed by atoms with Crippen LogP contribution in [-0.2, 0) is 0 Å². The molecule has 0 amide bonds. The summed E-state index contributed by atoms with van der Waals surface area (Å²) in [6.45, 7) is 10.7. The van der Waals surface area contributed by atoms with Crippen LogP contribution in [0.5, 0.6) is 0 Å². The van der Waals surface area contributed by atoms with E-state index in [1.165, 1.54) is 5.56 Å². The third-order valence-electron chi connectivity index (χ3n) is 4.16. The molecule has 0 aliphatic carbocycles. The first-order chi connectivity index (χ1) is 11.5. The Bertz CT molecular complexity index is 829. The Hall–Kier alpha value is -2.42. The third-order valence-corrected chi connectivity index (χ3v) is 4.16. The smallest absolute Gasteiger partial charge is 0.154 e. The van der Waals surface area contributed by atoms with E-state index in [2.05, 4.69) is 63.9 Å². The van der Waals surface area contributed by atoms with Crippen LogP contribution in [-0.4, -0.2) is 9.97 Å². The molecule has 0 atom stereocenters. The molecule has 2 aromatic heterocycles. The molecule has 24 heavy (non-hydrogen) atoms. The molecule has 3 rings (SSSR count). The van der Waals surface area contributed by atoms with Crippen molar-refractivity contribution in [2.24, 2.45) is 0 Å². The number of rotatable bonds is 4. The highest BCUT2D eigenvalue weighted by atomic mass is 16.3. The molecule has 0 spiro atoms. The molecule has 0 saturated carbocycles. The van der Waals surface area contributed by atoms with E-state index in [0.717, 1.165) is 34.0 Å². The van der Waals surface area contributed by atoms with E-state index in [0.29, 0.717) is 11.8 Å². The largest absolute Gasteiger partial charge is 0.462 e. The third kappa shape index (κ3) is 3.25. The van der Waals surface area contributed by atoms with Gasteiger partial charge in [-0.15, -0.1) is 0 Å². The Labute approximate surface area is 143 Å². The van der Waals surface area contributed by atoms with Crippen molar-refractivity contribution in [1.29, 1.82) is 0 Å². The van der Waals surface area contributed by atoms with Gasteiger partial charge in [0.15, 0.2) is 5.76 Å². The molecule has 3 aromatic rings. The van der Waals surface area contributed by atoms with E-state index < -0.39 is 0 Å². The number of benzene rings is 1. The Morgan fingerprint density at radius 3 is 2.17 bits per heavy atom. The van der Waals surface area contributed by atoms with Crippen LogP contribution in [0, 0.1) is 6.92 Å². The van der Waals surface area contributed by atoms with Gasteiger partial charge in [-0.2, -0.15) is 0 Å². The van der Waals surface area contributed by atoms with Crippen molar-refractivity contribution in [3.05, 3.63) is 59.7 Å². The second-order valence-electron chi connectivity index (χ2n) is 6.90. The molecule has 0 fully saturated rings. The van der Waals surface area contributed by atoms with Gasteiger partial charge in [0, 0.05) is 5.56 Å². The minimum absolute atomic E-state index is 0.335. The zero-order valence-electron chi connectivity index (χ0n) is 15.0. The fraction of sp³-hybridized carbons (Fsp3) is 0.333. The number of aryl methyl sites for hydroxylation is 1. The fourth-order valence-corrected chi connectivity index (χ4v) is 2.77. The topological polar surface area (TPSA) is 38.9 Å². The fourth-order valence-electron chi connectivity index (χ4n) is 2.77. The van der Waals surface area contributed by atoms with Crippen LogP contribution in [0.25, 0.3) is 22.6 Å². The summed E-state index contributed by atoms with van der Waals surface area (Å²) in [5.74, 6) is 1.46. The van der Waals surface area contributed by atoms with Gasteiger partial charge >= 0.3 is 0 Å². The summed E-state index contributed by atoms with van der Waals surface area (Å²) < 4.78 is 5.77. The Balaban J connectivity index is 1.98. The van der Waals surface area contributed by atoms with E-state index >= 15 is 0 Å². The maximum atomic E-state index is 5.77. The van der Waals surface area contributed by atoms with Gasteiger partial charge < -0.3 is 4.42 Å². The van der Waals surface area contributed by atoms with E-state index in [1.54, 1.807) is 6.26 Å². The molecular formula is C21H24N2O. The van der Waals surface area contributed by atoms with E-state index in [1.807, 2.05) is 12.3 Å². The van der Waals surface area contributed by atoms with Crippen LogP contribution < -0.4 is 0 Å². The van der Waals surface area contributed by atoms with Crippen LogP contribution >= 0.6 is 0 Å². The number of nitrogens with zero attached hydrogens (tertiary/aromatic N) is 2. The van der Waals surface area contributed by atoms with Crippen LogP contribution in [0.3, 0.4) is 0 Å². The molecule has 0 aliphatic rings. The first kappa shape index (κ1) is 16.4. The zero-order chi connectivity index (χ0) is 17.3. The lowest BCUT2D eigenvalue weighted by molar-refractivity contribution is 0.578. The first-order valence-corrected chi connectivity index (χ1v) is 8.48. The van der Waals surface area contributed by atoms with E-state index in [4.69, 9.17) is 9.40 Å². The second-order valence-corrected chi connectivity index (χ2v) is 6.90. The maximum Gasteiger partial charge on any atom is 0.154 e. The highest BCUT2D eigenvalue weighted by Crippen LogP contribution is 2.30. The molecular weight excluding hydrogens is 296 g/mol. The van der Waals surface area contributed by atoms with Crippen molar-refractivity contribution >= 4 is 0 Å². The summed E-state index contributed by atoms with van der Waals surface area (Å²) in [5, 5.41) is 0. The average molecular weight is 320 g/mol. The number of hydrogen-bond acceptors (Lipinski definition) is 3. The van der Waals surface area contributed by atoms with Crippen molar-refractivity contribution < 1.29 is 4.42 Å². The molecule has 0 aliphatic heterocycles. The minimum Gasteiger partial charge on any atom is -0.462 e. The van der Waals surface area contributed by atoms with Crippen molar-refractivity contribution in [2.45, 2.75) is 46.5 Å².